The molecule has 21 heavy (non-hydrogen) atoms. The fourth-order valence-corrected chi connectivity index (χ4v) is 3.74. The number of phenolic OH excluding ortho intramolecular Hbond substituents is 2. The molecule has 6 heteroatoms. The van der Waals surface area contributed by atoms with Crippen molar-refractivity contribution < 1.29 is 10.2 Å². The SMILES string of the molecule is [B]c1cc(C(C)(C)c2cc(Br)c(O)c(Br)c2)cc(Br)c1O. The molecular formula is C15H12BBr3O2. The lowest BCUT2D eigenvalue weighted by atomic mass is 9.76. The first kappa shape index (κ1) is 16.9. The number of halogens is 3. The van der Waals surface area contributed by atoms with Gasteiger partial charge < -0.3 is 10.2 Å². The smallest absolute Gasteiger partial charge is 0.143 e. The van der Waals surface area contributed by atoms with Crippen LogP contribution in [0.3, 0.4) is 0 Å². The predicted octanol–water partition coefficient (Wildman–Crippen LogP) is 4.51. The second-order valence-electron chi connectivity index (χ2n) is 5.31. The minimum atomic E-state index is -0.358. The molecule has 0 unspecified atom stereocenters. The second kappa shape index (κ2) is 5.97. The van der Waals surface area contributed by atoms with Crippen LogP contribution in [0.1, 0.15) is 25.0 Å². The Labute approximate surface area is 150 Å². The number of phenols is 2. The Hall–Kier alpha value is -0.455. The summed E-state index contributed by atoms with van der Waals surface area (Å²) < 4.78 is 1.79. The highest BCUT2D eigenvalue weighted by Crippen LogP contribution is 2.40. The molecule has 2 N–H and O–H groups in total. The summed E-state index contributed by atoms with van der Waals surface area (Å²) in [5, 5.41) is 19.6. The minimum absolute atomic E-state index is 0.0441. The molecule has 2 rings (SSSR count). The van der Waals surface area contributed by atoms with Crippen LogP contribution in [0.4, 0.5) is 0 Å². The molecule has 0 saturated carbocycles. The molecule has 0 fully saturated rings. The number of hydrogen-bond donors (Lipinski definition) is 2. The van der Waals surface area contributed by atoms with E-state index < -0.39 is 0 Å². The number of aromatic hydroxyl groups is 2. The van der Waals surface area contributed by atoms with Crippen LogP contribution in [0.2, 0.25) is 0 Å². The Bertz CT molecular complexity index is 609. The third-order valence-electron chi connectivity index (χ3n) is 3.55. The number of rotatable bonds is 2. The molecule has 0 aromatic heterocycles. The van der Waals surface area contributed by atoms with Crippen LogP contribution >= 0.6 is 47.8 Å². The third-order valence-corrected chi connectivity index (χ3v) is 5.37. The van der Waals surface area contributed by atoms with Gasteiger partial charge in [0, 0.05) is 5.41 Å². The summed E-state index contributed by atoms with van der Waals surface area (Å²) in [4.78, 5) is 0. The van der Waals surface area contributed by atoms with E-state index in [1.165, 1.54) is 0 Å². The molecule has 0 atom stereocenters. The average Bonchev–Trinajstić information content (AvgIpc) is 2.40. The van der Waals surface area contributed by atoms with Crippen molar-refractivity contribution in [3.05, 3.63) is 48.8 Å². The van der Waals surface area contributed by atoms with Gasteiger partial charge in [-0.3, -0.25) is 0 Å². The average molecular weight is 475 g/mol. The predicted molar refractivity (Wildman–Crippen MR) is 96.8 cm³/mol. The summed E-state index contributed by atoms with van der Waals surface area (Å²) in [5.74, 6) is 0.212. The Kier molecular flexibility index (Phi) is 4.81. The Morgan fingerprint density at radius 1 is 0.810 bits per heavy atom. The van der Waals surface area contributed by atoms with E-state index >= 15 is 0 Å². The zero-order valence-corrected chi connectivity index (χ0v) is 16.2. The van der Waals surface area contributed by atoms with E-state index in [1.807, 2.05) is 18.2 Å². The number of benzene rings is 2. The summed E-state index contributed by atoms with van der Waals surface area (Å²) in [7, 11) is 5.84. The molecule has 0 aliphatic heterocycles. The van der Waals surface area contributed by atoms with Gasteiger partial charge in [-0.1, -0.05) is 25.4 Å². The molecule has 0 saturated heterocycles. The molecule has 0 bridgehead atoms. The fraction of sp³-hybridized carbons (Fsp3) is 0.200. The van der Waals surface area contributed by atoms with Gasteiger partial charge >= 0.3 is 0 Å². The first-order chi connectivity index (χ1) is 9.64. The molecule has 0 aliphatic rings. The third kappa shape index (κ3) is 3.17. The molecule has 0 heterocycles. The van der Waals surface area contributed by atoms with Crippen LogP contribution < -0.4 is 5.46 Å². The van der Waals surface area contributed by atoms with Gasteiger partial charge in [-0.25, -0.2) is 0 Å². The lowest BCUT2D eigenvalue weighted by molar-refractivity contribution is 0.467. The lowest BCUT2D eigenvalue weighted by Crippen LogP contribution is -2.21. The first-order valence-electron chi connectivity index (χ1n) is 6.11. The van der Waals surface area contributed by atoms with Gasteiger partial charge in [-0.15, -0.1) is 0 Å². The summed E-state index contributed by atoms with van der Waals surface area (Å²) in [5.41, 5.74) is 1.91. The fourth-order valence-electron chi connectivity index (χ4n) is 2.07. The van der Waals surface area contributed by atoms with E-state index in [-0.39, 0.29) is 16.9 Å². The first-order valence-corrected chi connectivity index (χ1v) is 8.49. The molecule has 0 spiro atoms. The van der Waals surface area contributed by atoms with Crippen LogP contribution in [0.5, 0.6) is 11.5 Å². The van der Waals surface area contributed by atoms with E-state index in [2.05, 4.69) is 61.6 Å². The van der Waals surface area contributed by atoms with Gasteiger partial charge in [0.25, 0.3) is 0 Å². The monoisotopic (exact) mass is 472 g/mol. The Balaban J connectivity index is 2.61. The van der Waals surface area contributed by atoms with Crippen molar-refractivity contribution in [3.63, 3.8) is 0 Å². The molecule has 2 aromatic rings. The van der Waals surface area contributed by atoms with Crippen molar-refractivity contribution in [1.82, 2.24) is 0 Å². The highest BCUT2D eigenvalue weighted by Gasteiger charge is 2.26. The maximum Gasteiger partial charge on any atom is 0.143 e. The van der Waals surface area contributed by atoms with E-state index in [4.69, 9.17) is 7.85 Å². The highest BCUT2D eigenvalue weighted by atomic mass is 79.9. The zero-order chi connectivity index (χ0) is 15.9. The molecule has 2 aromatic carbocycles. The van der Waals surface area contributed by atoms with Gasteiger partial charge in [0.1, 0.15) is 19.3 Å². The molecular weight excluding hydrogens is 463 g/mol. The van der Waals surface area contributed by atoms with E-state index in [9.17, 15) is 10.2 Å². The van der Waals surface area contributed by atoms with E-state index in [0.29, 0.717) is 18.9 Å². The molecule has 0 amide bonds. The molecule has 2 radical (unpaired) electrons. The van der Waals surface area contributed by atoms with Gasteiger partial charge in [0.2, 0.25) is 0 Å². The van der Waals surface area contributed by atoms with Crippen molar-refractivity contribution >= 4 is 61.1 Å². The van der Waals surface area contributed by atoms with Crippen LogP contribution in [0, 0.1) is 0 Å². The topological polar surface area (TPSA) is 40.5 Å². The van der Waals surface area contributed by atoms with Crippen LogP contribution in [-0.2, 0) is 5.41 Å². The Morgan fingerprint density at radius 3 is 1.62 bits per heavy atom. The van der Waals surface area contributed by atoms with Crippen molar-refractivity contribution in [2.45, 2.75) is 19.3 Å². The summed E-state index contributed by atoms with van der Waals surface area (Å²) in [6, 6.07) is 7.35. The van der Waals surface area contributed by atoms with Crippen molar-refractivity contribution in [3.8, 4) is 11.5 Å². The zero-order valence-electron chi connectivity index (χ0n) is 11.4. The van der Waals surface area contributed by atoms with Crippen LogP contribution in [-0.4, -0.2) is 18.1 Å². The van der Waals surface area contributed by atoms with Gasteiger partial charge in [-0.2, -0.15) is 0 Å². The lowest BCUT2D eigenvalue weighted by Gasteiger charge is -2.28. The maximum atomic E-state index is 9.84. The van der Waals surface area contributed by atoms with Crippen molar-refractivity contribution in [2.24, 2.45) is 0 Å². The highest BCUT2D eigenvalue weighted by molar-refractivity contribution is 9.11. The van der Waals surface area contributed by atoms with E-state index in [0.717, 1.165) is 11.1 Å². The molecule has 108 valence electrons. The van der Waals surface area contributed by atoms with Gasteiger partial charge in [0.05, 0.1) is 13.4 Å². The largest absolute Gasteiger partial charge is 0.507 e. The quantitative estimate of drug-likeness (QED) is 0.629. The molecule has 2 nitrogen and oxygen atoms in total. The standard InChI is InChI=1S/C15H12BBr3O2/c1-15(2,7-3-9(16)13(20)10(17)4-7)8-5-11(18)14(21)12(19)6-8/h3-6,20-21H,1-2H3. The maximum absolute atomic E-state index is 9.84. The normalized spacial score (nSPS) is 11.7. The second-order valence-corrected chi connectivity index (χ2v) is 7.87. The van der Waals surface area contributed by atoms with Crippen molar-refractivity contribution in [2.75, 3.05) is 0 Å². The van der Waals surface area contributed by atoms with Crippen LogP contribution in [0.15, 0.2) is 37.7 Å². The van der Waals surface area contributed by atoms with Crippen LogP contribution in [0.25, 0.3) is 0 Å². The van der Waals surface area contributed by atoms with Gasteiger partial charge in [-0.05, 0) is 77.1 Å². The Morgan fingerprint density at radius 2 is 1.19 bits per heavy atom. The summed E-state index contributed by atoms with van der Waals surface area (Å²) >= 11 is 10.0. The number of hydrogen-bond acceptors (Lipinski definition) is 2. The van der Waals surface area contributed by atoms with Crippen molar-refractivity contribution in [1.29, 1.82) is 0 Å². The minimum Gasteiger partial charge on any atom is -0.507 e. The summed E-state index contributed by atoms with van der Waals surface area (Å²) in [6.45, 7) is 4.10. The van der Waals surface area contributed by atoms with Gasteiger partial charge in [0.15, 0.2) is 0 Å². The molecule has 0 aliphatic carbocycles. The van der Waals surface area contributed by atoms with E-state index in [1.54, 1.807) is 6.07 Å². The summed E-state index contributed by atoms with van der Waals surface area (Å²) in [6.07, 6.45) is 0.